The topological polar surface area (TPSA) is 40.7 Å². The second kappa shape index (κ2) is 52.2. The Morgan fingerprint density at radius 1 is 0.233 bits per heavy atom. The van der Waals surface area contributed by atoms with Crippen molar-refractivity contribution >= 4 is 160 Å². The first-order valence-corrected chi connectivity index (χ1v) is 54.0. The molecule has 0 amide bonds. The Morgan fingerprint density at radius 3 is 0.760 bits per heavy atom. The monoisotopic (exact) mass is 2740 g/mol. The third-order valence-corrected chi connectivity index (χ3v) is 31.9. The van der Waals surface area contributed by atoms with Gasteiger partial charge in [0, 0.05) is 100 Å². The van der Waals surface area contributed by atoms with Gasteiger partial charge in [0.2, 0.25) is 0 Å². The van der Waals surface area contributed by atoms with Crippen molar-refractivity contribution in [3.63, 3.8) is 0 Å². The fourth-order valence-electron chi connectivity index (χ4n) is 21.4. The van der Waals surface area contributed by atoms with Gasteiger partial charge in [-0.25, -0.2) is 34.0 Å². The summed E-state index contributed by atoms with van der Waals surface area (Å²) in [6.45, 7) is 15.9. The Bertz CT molecular complexity index is 8100. The summed E-state index contributed by atoms with van der Waals surface area (Å²) in [5, 5.41) is 15.9. The van der Waals surface area contributed by atoms with Crippen LogP contribution in [-0.2, 0) is 149 Å². The molecule has 6 aromatic heterocycles. The SMILES string of the molecule is CN(CCCN(C)Cc1[c-]cc2c(c1)c1ccccc1n2-c1ccccc1)Cc1[c-]cc2c(c1)c1ccccc1n2-c1ccccc1.CN(CCCN(C)Cc1[c-]cc2c(c1)c1ccccc1n2-c1ccccc1)Cc1[c-]cc2sc3ccccc3c2c1.CN(CCCN(C)Cc1[c-]cc2sc3ccccc3c2c1)Cc1[c-]cc2sc3ccccc3c2c1.CN1CCCN(C)Cc2[c-]c(ccc2)CCc2[c-]c(ccc2)C1.[Pt+4].[Pt+4].[Pt+4].[Pt+4]. The first kappa shape index (κ1) is 110. The average Bonchev–Trinajstić information content (AvgIpc) is 1.60. The van der Waals surface area contributed by atoms with Gasteiger partial charge in [-0.3, -0.25) is 0 Å². The van der Waals surface area contributed by atoms with E-state index in [-0.39, 0.29) is 84.3 Å². The smallest absolute Gasteiger partial charge is 0.364 e. The number of rotatable bonds is 27. The first-order chi connectivity index (χ1) is 71.6. The number of hydrogen-bond donors (Lipinski definition) is 0. The average molecular weight is 2740 g/mol. The van der Waals surface area contributed by atoms with Crippen molar-refractivity contribution < 1.29 is 84.3 Å². The van der Waals surface area contributed by atoms with Crippen molar-refractivity contribution in [2.24, 2.45) is 0 Å². The van der Waals surface area contributed by atoms with E-state index >= 15 is 0 Å². The number of hydrogen-bond acceptors (Lipinski definition) is 11. The van der Waals surface area contributed by atoms with Crippen molar-refractivity contribution in [2.75, 3.05) is 109 Å². The first-order valence-electron chi connectivity index (χ1n) is 51.5. The van der Waals surface area contributed by atoms with Crippen LogP contribution in [0.15, 0.2) is 346 Å². The molecule has 150 heavy (non-hydrogen) atoms. The predicted octanol–water partition coefficient (Wildman–Crippen LogP) is 29.4. The molecule has 0 aliphatic carbocycles. The zero-order chi connectivity index (χ0) is 99.4. The minimum atomic E-state index is 0. The molecule has 18 heteroatoms. The maximum Gasteiger partial charge on any atom is 4.00 e. The van der Waals surface area contributed by atoms with E-state index in [9.17, 15) is 0 Å². The molecule has 11 nitrogen and oxygen atoms in total. The van der Waals surface area contributed by atoms with Gasteiger partial charge in [0.15, 0.2) is 0 Å². The second-order valence-corrected chi connectivity index (χ2v) is 43.3. The molecule has 1 aliphatic heterocycles. The fraction of sp³-hybridized carbons (Fsp3) is 0.227. The maximum atomic E-state index is 3.61. The standard InChI is InChI=1S/C43H38N4.C37H33N3S.C31H28N2S2.C21H26N2.4Pt/c1-44(30-32-22-24-42-38(28-32)36-18-9-11-20-40(36)46(42)34-14-5-3-6-15-34)26-13-27-45(2)31-33-23-25-43-39(29-33)37-19-10-12-21-41(37)47(43)35-16-7-4-8-17-35;1-38(21-10-22-39(2)26-28-18-20-37-33(24-28)31-14-7-9-16-36(31)41-37)25-27-17-19-35-32(23-27)30-13-6-8-15-34(30)40(35)29-11-4-3-5-12-29;1-32(20-22-12-14-30-26(18-22)24-8-3-5-10-28(24)34-30)16-7-17-33(2)21-23-13-15-31-27(19-23)25-9-4-6-11-29(25)35-31;1-22-12-5-13-23(2)17-21-9-4-7-19(15-21)11-10-18-6-3-8-20(14-18)16-22;;;;/h3-12,14-21,24-25,28-29H,13,26-27,30-31H2,1-2H3;3-9,11-16,19-20,23-24H,10,21-22,25-26H2,1-2H3;3-6,8-11,14-15,18-19H,7,16-17,20-21H2,1-2H3;3-4,6-9H,5,10-13,16-17H2,1-2H3;;;;/q4*-2;4*+4. The van der Waals surface area contributed by atoms with Crippen molar-refractivity contribution in [2.45, 2.75) is 90.9 Å². The van der Waals surface area contributed by atoms with Crippen LogP contribution in [0, 0.1) is 48.5 Å². The molecule has 0 spiro atoms. The van der Waals surface area contributed by atoms with Crippen LogP contribution in [0.4, 0.5) is 0 Å². The Labute approximate surface area is 954 Å². The molecule has 0 saturated carbocycles. The molecule has 23 aromatic rings. The predicted molar refractivity (Wildman–Crippen MR) is 620 cm³/mol. The van der Waals surface area contributed by atoms with E-state index in [0.717, 1.165) is 137 Å². The number of thiophene rings is 3. The zero-order valence-electron chi connectivity index (χ0n) is 86.4. The molecule has 0 N–H and O–H groups in total. The number of benzene rings is 17. The van der Waals surface area contributed by atoms with Crippen LogP contribution in [0.25, 0.3) is 143 Å². The molecular formula is C132H125N11Pt4S3+8. The minimum absolute atomic E-state index is 0. The third-order valence-electron chi connectivity index (χ3n) is 28.5. The van der Waals surface area contributed by atoms with Crippen molar-refractivity contribution in [1.82, 2.24) is 52.9 Å². The quantitative estimate of drug-likeness (QED) is 0.0472. The normalized spacial score (nSPS) is 12.7. The van der Waals surface area contributed by atoms with E-state index in [0.29, 0.717) is 0 Å². The Kier molecular flexibility index (Phi) is 38.5. The van der Waals surface area contributed by atoms with Gasteiger partial charge in [-0.1, -0.05) is 194 Å². The summed E-state index contributed by atoms with van der Waals surface area (Å²) in [5.74, 6) is 0. The van der Waals surface area contributed by atoms with Gasteiger partial charge >= 0.3 is 84.3 Å². The summed E-state index contributed by atoms with van der Waals surface area (Å²) in [6, 6.07) is 153. The molecular weight excluding hydrogens is 2620 g/mol. The van der Waals surface area contributed by atoms with Gasteiger partial charge in [0.05, 0.1) is 0 Å². The van der Waals surface area contributed by atoms with Crippen molar-refractivity contribution in [3.8, 4) is 17.1 Å². The van der Waals surface area contributed by atoms with E-state index in [1.54, 1.807) is 0 Å². The molecule has 758 valence electrons. The van der Waals surface area contributed by atoms with Gasteiger partial charge in [0.1, 0.15) is 0 Å². The summed E-state index contributed by atoms with van der Waals surface area (Å²) in [6.07, 6.45) is 6.61. The number of aromatic nitrogens is 3. The fourth-order valence-corrected chi connectivity index (χ4v) is 24.6. The van der Waals surface area contributed by atoms with Crippen molar-refractivity contribution in [1.29, 1.82) is 0 Å². The van der Waals surface area contributed by atoms with Crippen LogP contribution in [-0.4, -0.2) is 162 Å². The van der Waals surface area contributed by atoms with E-state index < -0.39 is 0 Å². The molecule has 17 aromatic carbocycles. The summed E-state index contributed by atoms with van der Waals surface area (Å²) in [5.41, 5.74) is 23.5. The molecule has 0 saturated heterocycles. The van der Waals surface area contributed by atoms with Crippen molar-refractivity contribution in [3.05, 3.63) is 450 Å². The number of fused-ring (bicyclic) bond motifs is 22. The zero-order valence-corrected chi connectivity index (χ0v) is 97.9. The van der Waals surface area contributed by atoms with E-state index in [2.05, 4.69) is 504 Å². The second-order valence-electron chi connectivity index (χ2n) is 40.1. The van der Waals surface area contributed by atoms with E-state index in [1.807, 2.05) is 34.0 Å². The van der Waals surface area contributed by atoms with Gasteiger partial charge in [-0.05, 0) is 252 Å². The Morgan fingerprint density at radius 2 is 0.473 bits per heavy atom. The molecule has 4 bridgehead atoms. The summed E-state index contributed by atoms with van der Waals surface area (Å²) in [7, 11) is 17.7. The van der Waals surface area contributed by atoms with E-state index in [1.165, 1.54) is 205 Å². The van der Waals surface area contributed by atoms with Crippen LogP contribution in [0.5, 0.6) is 0 Å². The van der Waals surface area contributed by atoms with Crippen LogP contribution in [0.3, 0.4) is 0 Å². The van der Waals surface area contributed by atoms with Gasteiger partial charge in [-0.15, -0.1) is 76.8 Å². The van der Waals surface area contributed by atoms with Gasteiger partial charge < -0.3 is 52.9 Å². The van der Waals surface area contributed by atoms with Gasteiger partial charge in [-0.2, -0.15) is 169 Å². The molecule has 0 unspecified atom stereocenters. The van der Waals surface area contributed by atoms with Crippen LogP contribution in [0.1, 0.15) is 81.3 Å². The van der Waals surface area contributed by atoms with Gasteiger partial charge in [0.25, 0.3) is 0 Å². The van der Waals surface area contributed by atoms with E-state index in [4.69, 9.17) is 0 Å². The van der Waals surface area contributed by atoms with Crippen LogP contribution >= 0.6 is 34.0 Å². The third kappa shape index (κ3) is 26.5. The number of nitrogens with zero attached hydrogens (tertiary/aromatic N) is 11. The maximum absolute atomic E-state index is 3.61. The van der Waals surface area contributed by atoms with Crippen LogP contribution < -0.4 is 0 Å². The summed E-state index contributed by atoms with van der Waals surface area (Å²) < 4.78 is 15.1. The number of aryl methyl sites for hydroxylation is 2. The summed E-state index contributed by atoms with van der Waals surface area (Å²) >= 11 is 5.57. The molecule has 0 fully saturated rings. The minimum Gasteiger partial charge on any atom is -0.364 e. The molecule has 1 aliphatic rings. The molecule has 0 atom stereocenters. The molecule has 7 heterocycles. The Balaban J connectivity index is 0.000000138. The summed E-state index contributed by atoms with van der Waals surface area (Å²) in [4.78, 5) is 19.3. The Hall–Kier alpha value is -10.8. The van der Waals surface area contributed by atoms with Crippen LogP contribution in [0.2, 0.25) is 0 Å². The number of para-hydroxylation sites is 6. The molecule has 24 rings (SSSR count). The molecule has 0 radical (unpaired) electrons. The largest absolute Gasteiger partial charge is 4.00 e.